The summed E-state index contributed by atoms with van der Waals surface area (Å²) in [6, 6.07) is 14.9. The Hall–Kier alpha value is -3.45. The number of halogens is 2. The van der Waals surface area contributed by atoms with E-state index in [9.17, 15) is 9.18 Å². The maximum absolute atomic E-state index is 13.1. The van der Waals surface area contributed by atoms with Gasteiger partial charge in [-0.2, -0.15) is 5.10 Å². The minimum atomic E-state index is -0.403. The van der Waals surface area contributed by atoms with Gasteiger partial charge < -0.3 is 9.84 Å². The standard InChI is InChI=1S/C22H18ClFN4O2/c1-13-21(14(2)28(26-13)12-15-6-8-18(24)9-7-15)25-22(29)19-11-20(30-27-19)16-4-3-5-17(23)10-16/h3-11H,12H2,1-2H3,(H,25,29). The Kier molecular flexibility index (Phi) is 5.37. The van der Waals surface area contributed by atoms with E-state index >= 15 is 0 Å². The van der Waals surface area contributed by atoms with E-state index in [2.05, 4.69) is 15.6 Å². The first-order valence-corrected chi connectivity index (χ1v) is 9.61. The lowest BCUT2D eigenvalue weighted by Crippen LogP contribution is -2.13. The van der Waals surface area contributed by atoms with E-state index in [0.29, 0.717) is 28.7 Å². The van der Waals surface area contributed by atoms with Gasteiger partial charge in [0, 0.05) is 16.7 Å². The van der Waals surface area contributed by atoms with Crippen LogP contribution in [0, 0.1) is 19.7 Å². The highest BCUT2D eigenvalue weighted by molar-refractivity contribution is 6.30. The molecule has 6 nitrogen and oxygen atoms in total. The molecule has 2 aromatic heterocycles. The van der Waals surface area contributed by atoms with Gasteiger partial charge in [0.1, 0.15) is 5.82 Å². The Morgan fingerprint density at radius 1 is 1.17 bits per heavy atom. The van der Waals surface area contributed by atoms with Gasteiger partial charge in [-0.3, -0.25) is 9.48 Å². The first kappa shape index (κ1) is 19.8. The van der Waals surface area contributed by atoms with Crippen LogP contribution in [0.25, 0.3) is 11.3 Å². The molecule has 0 bridgehead atoms. The van der Waals surface area contributed by atoms with Gasteiger partial charge in [-0.05, 0) is 43.7 Å². The average molecular weight is 425 g/mol. The Morgan fingerprint density at radius 3 is 2.67 bits per heavy atom. The maximum Gasteiger partial charge on any atom is 0.277 e. The first-order valence-electron chi connectivity index (χ1n) is 9.23. The molecule has 8 heteroatoms. The number of carbonyl (C=O) groups is 1. The van der Waals surface area contributed by atoms with Gasteiger partial charge in [0.05, 0.1) is 23.6 Å². The van der Waals surface area contributed by atoms with Gasteiger partial charge in [-0.1, -0.05) is 41.0 Å². The highest BCUT2D eigenvalue weighted by Gasteiger charge is 2.19. The molecule has 0 spiro atoms. The number of hydrogen-bond donors (Lipinski definition) is 1. The fourth-order valence-electron chi connectivity index (χ4n) is 3.13. The normalized spacial score (nSPS) is 10.9. The Bertz CT molecular complexity index is 1210. The average Bonchev–Trinajstić information content (AvgIpc) is 3.31. The van der Waals surface area contributed by atoms with E-state index in [4.69, 9.17) is 16.1 Å². The van der Waals surface area contributed by atoms with Gasteiger partial charge in [-0.15, -0.1) is 0 Å². The van der Waals surface area contributed by atoms with Crippen molar-refractivity contribution in [3.8, 4) is 11.3 Å². The number of hydrogen-bond acceptors (Lipinski definition) is 4. The lowest BCUT2D eigenvalue weighted by atomic mass is 10.1. The molecule has 0 saturated carbocycles. The lowest BCUT2D eigenvalue weighted by Gasteiger charge is -2.06. The molecule has 0 aliphatic heterocycles. The lowest BCUT2D eigenvalue weighted by molar-refractivity contribution is 0.101. The van der Waals surface area contributed by atoms with Crippen molar-refractivity contribution in [2.45, 2.75) is 20.4 Å². The Morgan fingerprint density at radius 2 is 1.93 bits per heavy atom. The summed E-state index contributed by atoms with van der Waals surface area (Å²) in [6.07, 6.45) is 0. The largest absolute Gasteiger partial charge is 0.355 e. The number of rotatable bonds is 5. The minimum Gasteiger partial charge on any atom is -0.355 e. The summed E-state index contributed by atoms with van der Waals surface area (Å²) < 4.78 is 20.2. The van der Waals surface area contributed by atoms with Crippen molar-refractivity contribution < 1.29 is 13.7 Å². The molecule has 0 atom stereocenters. The van der Waals surface area contributed by atoms with Crippen molar-refractivity contribution in [3.63, 3.8) is 0 Å². The van der Waals surface area contributed by atoms with Gasteiger partial charge in [-0.25, -0.2) is 4.39 Å². The summed E-state index contributed by atoms with van der Waals surface area (Å²) in [6.45, 7) is 4.13. The van der Waals surface area contributed by atoms with E-state index in [1.165, 1.54) is 12.1 Å². The number of aryl methyl sites for hydroxylation is 1. The third kappa shape index (κ3) is 4.11. The number of nitrogens with zero attached hydrogens (tertiary/aromatic N) is 3. The molecule has 0 aliphatic rings. The Balaban J connectivity index is 1.52. The molecule has 1 amide bonds. The van der Waals surface area contributed by atoms with Gasteiger partial charge in [0.25, 0.3) is 5.91 Å². The number of carbonyl (C=O) groups excluding carboxylic acids is 1. The number of nitrogens with one attached hydrogen (secondary N) is 1. The van der Waals surface area contributed by atoms with Crippen LogP contribution in [0.3, 0.4) is 0 Å². The molecule has 4 aromatic rings. The van der Waals surface area contributed by atoms with Crippen LogP contribution in [-0.4, -0.2) is 20.8 Å². The van der Waals surface area contributed by atoms with Crippen LogP contribution >= 0.6 is 11.6 Å². The summed E-state index contributed by atoms with van der Waals surface area (Å²) in [5, 5.41) is 11.8. The molecule has 1 N–H and O–H groups in total. The van der Waals surface area contributed by atoms with Crippen LogP contribution in [-0.2, 0) is 6.54 Å². The zero-order valence-corrected chi connectivity index (χ0v) is 17.1. The predicted molar refractivity (Wildman–Crippen MR) is 112 cm³/mol. The minimum absolute atomic E-state index is 0.148. The van der Waals surface area contributed by atoms with E-state index in [1.807, 2.05) is 19.9 Å². The topological polar surface area (TPSA) is 73.0 Å². The van der Waals surface area contributed by atoms with Crippen molar-refractivity contribution in [1.82, 2.24) is 14.9 Å². The van der Waals surface area contributed by atoms with Crippen molar-refractivity contribution in [3.05, 3.63) is 88.1 Å². The van der Waals surface area contributed by atoms with Crippen molar-refractivity contribution in [2.24, 2.45) is 0 Å². The second kappa shape index (κ2) is 8.12. The van der Waals surface area contributed by atoms with Crippen molar-refractivity contribution >= 4 is 23.2 Å². The summed E-state index contributed by atoms with van der Waals surface area (Å²) in [7, 11) is 0. The third-order valence-electron chi connectivity index (χ3n) is 4.72. The molecule has 4 rings (SSSR count). The van der Waals surface area contributed by atoms with Crippen LogP contribution in [0.15, 0.2) is 59.1 Å². The number of aromatic nitrogens is 3. The molecule has 0 unspecified atom stereocenters. The van der Waals surface area contributed by atoms with E-state index in [0.717, 1.165) is 16.8 Å². The molecule has 0 radical (unpaired) electrons. The molecule has 152 valence electrons. The molecular weight excluding hydrogens is 407 g/mol. The van der Waals surface area contributed by atoms with E-state index in [-0.39, 0.29) is 11.5 Å². The number of amides is 1. The smallest absolute Gasteiger partial charge is 0.277 e. The summed E-state index contributed by atoms with van der Waals surface area (Å²) in [5.74, 6) is -0.243. The van der Waals surface area contributed by atoms with Gasteiger partial charge in [0.15, 0.2) is 11.5 Å². The summed E-state index contributed by atoms with van der Waals surface area (Å²) in [4.78, 5) is 12.7. The predicted octanol–water partition coefficient (Wildman–Crippen LogP) is 5.25. The zero-order chi connectivity index (χ0) is 21.3. The zero-order valence-electron chi connectivity index (χ0n) is 16.3. The molecule has 2 heterocycles. The highest BCUT2D eigenvalue weighted by Crippen LogP contribution is 2.25. The molecular formula is C22H18ClFN4O2. The van der Waals surface area contributed by atoms with Crippen molar-refractivity contribution in [2.75, 3.05) is 5.32 Å². The maximum atomic E-state index is 13.1. The van der Waals surface area contributed by atoms with Crippen LogP contribution in [0.4, 0.5) is 10.1 Å². The van der Waals surface area contributed by atoms with Gasteiger partial charge in [0.2, 0.25) is 0 Å². The summed E-state index contributed by atoms with van der Waals surface area (Å²) in [5.41, 5.74) is 3.84. The first-order chi connectivity index (χ1) is 14.4. The second-order valence-electron chi connectivity index (χ2n) is 6.87. The molecule has 0 fully saturated rings. The van der Waals surface area contributed by atoms with Gasteiger partial charge >= 0.3 is 0 Å². The molecule has 30 heavy (non-hydrogen) atoms. The SMILES string of the molecule is Cc1nn(Cc2ccc(F)cc2)c(C)c1NC(=O)c1cc(-c2cccc(Cl)c2)on1. The van der Waals surface area contributed by atoms with Crippen LogP contribution < -0.4 is 5.32 Å². The molecule has 0 aliphatic carbocycles. The van der Waals surface area contributed by atoms with Crippen molar-refractivity contribution in [1.29, 1.82) is 0 Å². The van der Waals surface area contributed by atoms with Crippen LogP contribution in [0.5, 0.6) is 0 Å². The number of benzene rings is 2. The van der Waals surface area contributed by atoms with Crippen LogP contribution in [0.1, 0.15) is 27.4 Å². The van der Waals surface area contributed by atoms with E-state index in [1.54, 1.807) is 41.1 Å². The Labute approximate surface area is 177 Å². The monoisotopic (exact) mass is 424 g/mol. The fraction of sp³-hybridized carbons (Fsp3) is 0.136. The molecule has 0 saturated heterocycles. The third-order valence-corrected chi connectivity index (χ3v) is 4.95. The highest BCUT2D eigenvalue weighted by atomic mass is 35.5. The molecule has 2 aromatic carbocycles. The van der Waals surface area contributed by atoms with E-state index < -0.39 is 5.91 Å². The fourth-order valence-corrected chi connectivity index (χ4v) is 3.32. The quantitative estimate of drug-likeness (QED) is 0.475. The van der Waals surface area contributed by atoms with Crippen LogP contribution in [0.2, 0.25) is 5.02 Å². The number of anilines is 1. The second-order valence-corrected chi connectivity index (χ2v) is 7.31. The summed E-state index contributed by atoms with van der Waals surface area (Å²) >= 11 is 6.01.